The minimum absolute atomic E-state index is 0.440. The quantitative estimate of drug-likeness (QED) is 0.131. The van der Waals surface area contributed by atoms with Crippen molar-refractivity contribution in [2.75, 3.05) is 0 Å². The van der Waals surface area contributed by atoms with Gasteiger partial charge in [-0.2, -0.15) is 0 Å². The Balaban J connectivity index is 1.17. The maximum absolute atomic E-state index is 13.0. The number of carbonyl (C=O) groups is 1. The predicted molar refractivity (Wildman–Crippen MR) is 165 cm³/mol. The van der Waals surface area contributed by atoms with E-state index in [-0.39, 0.29) is 0 Å². The van der Waals surface area contributed by atoms with E-state index in [1.54, 1.807) is 0 Å². The highest BCUT2D eigenvalue weighted by Crippen LogP contribution is 2.38. The van der Waals surface area contributed by atoms with E-state index < -0.39 is 6.16 Å². The Hall–Kier alpha value is -5.41. The average molecular weight is 515 g/mol. The van der Waals surface area contributed by atoms with Crippen LogP contribution in [0.25, 0.3) is 64.6 Å². The van der Waals surface area contributed by atoms with Gasteiger partial charge in [-0.3, -0.25) is 0 Å². The molecule has 0 radical (unpaired) electrons. The molecule has 0 unspecified atom stereocenters. The number of fused-ring (bicyclic) bond motifs is 12. The van der Waals surface area contributed by atoms with Crippen LogP contribution in [-0.4, -0.2) is 6.16 Å². The second-order valence-corrected chi connectivity index (χ2v) is 10.1. The highest BCUT2D eigenvalue weighted by molar-refractivity contribution is 6.26. The van der Waals surface area contributed by atoms with E-state index in [0.29, 0.717) is 11.5 Å². The first kappa shape index (κ1) is 22.6. The summed E-state index contributed by atoms with van der Waals surface area (Å²) in [5.74, 6) is 0.880. The molecule has 3 nitrogen and oxygen atoms in total. The molecule has 3 heteroatoms. The lowest BCUT2D eigenvalue weighted by Crippen LogP contribution is -2.13. The van der Waals surface area contributed by atoms with E-state index in [1.165, 1.54) is 32.3 Å². The maximum atomic E-state index is 13.0. The highest BCUT2D eigenvalue weighted by Gasteiger charge is 2.14. The van der Waals surface area contributed by atoms with Gasteiger partial charge in [0.1, 0.15) is 11.5 Å². The topological polar surface area (TPSA) is 35.5 Å². The summed E-state index contributed by atoms with van der Waals surface area (Å²) in [6.45, 7) is 0. The zero-order valence-electron chi connectivity index (χ0n) is 21.4. The van der Waals surface area contributed by atoms with Crippen molar-refractivity contribution >= 4 is 70.8 Å². The summed E-state index contributed by atoms with van der Waals surface area (Å²) in [6, 6.07) is 44.9. The zero-order valence-corrected chi connectivity index (χ0v) is 21.4. The van der Waals surface area contributed by atoms with Gasteiger partial charge in [-0.15, -0.1) is 0 Å². The summed E-state index contributed by atoms with van der Waals surface area (Å²) in [5.41, 5.74) is 0. The molecule has 0 aliphatic heterocycles. The SMILES string of the molecule is O=C(Oc1ccc2c3ccccc3c3ccccc3c2c1)Oc1ccc2c3ccccc3c3ccccc3c2c1. The molecule has 0 aromatic heterocycles. The van der Waals surface area contributed by atoms with Gasteiger partial charge in [0.25, 0.3) is 0 Å². The Bertz CT molecular complexity index is 2070. The van der Waals surface area contributed by atoms with Crippen molar-refractivity contribution in [3.63, 3.8) is 0 Å². The molecule has 0 heterocycles. The van der Waals surface area contributed by atoms with E-state index >= 15 is 0 Å². The van der Waals surface area contributed by atoms with Crippen LogP contribution >= 0.6 is 0 Å². The monoisotopic (exact) mass is 514 g/mol. The molecule has 0 N–H and O–H groups in total. The molecule has 0 atom stereocenters. The Morgan fingerprint density at radius 2 is 0.575 bits per heavy atom. The van der Waals surface area contributed by atoms with Gasteiger partial charge in [0, 0.05) is 0 Å². The summed E-state index contributed by atoms with van der Waals surface area (Å²) < 4.78 is 11.4. The fourth-order valence-corrected chi connectivity index (χ4v) is 6.11. The highest BCUT2D eigenvalue weighted by atomic mass is 16.7. The minimum Gasteiger partial charge on any atom is -0.395 e. The van der Waals surface area contributed by atoms with Crippen molar-refractivity contribution in [1.82, 2.24) is 0 Å². The van der Waals surface area contributed by atoms with Crippen molar-refractivity contribution in [3.05, 3.63) is 133 Å². The lowest BCUT2D eigenvalue weighted by Gasteiger charge is -2.13. The summed E-state index contributed by atoms with van der Waals surface area (Å²) in [4.78, 5) is 13.0. The van der Waals surface area contributed by atoms with Gasteiger partial charge in [-0.25, -0.2) is 4.79 Å². The first-order chi connectivity index (χ1) is 19.7. The third kappa shape index (κ3) is 3.49. The van der Waals surface area contributed by atoms with Crippen LogP contribution in [-0.2, 0) is 0 Å². The Labute approximate surface area is 229 Å². The normalized spacial score (nSPS) is 11.6. The van der Waals surface area contributed by atoms with Gasteiger partial charge in [0.05, 0.1) is 0 Å². The molecular formula is C37H22O3. The summed E-state index contributed by atoms with van der Waals surface area (Å²) >= 11 is 0. The minimum atomic E-state index is -0.770. The van der Waals surface area contributed by atoms with Gasteiger partial charge >= 0.3 is 6.16 Å². The lowest BCUT2D eigenvalue weighted by molar-refractivity contribution is 0.152. The van der Waals surface area contributed by atoms with E-state index in [0.717, 1.165) is 32.3 Å². The molecule has 0 amide bonds. The second kappa shape index (κ2) is 8.82. The maximum Gasteiger partial charge on any atom is 0.519 e. The number of benzene rings is 8. The Morgan fingerprint density at radius 3 is 0.875 bits per heavy atom. The number of hydrogen-bond donors (Lipinski definition) is 0. The van der Waals surface area contributed by atoms with E-state index in [4.69, 9.17) is 9.47 Å². The van der Waals surface area contributed by atoms with Crippen LogP contribution < -0.4 is 9.47 Å². The van der Waals surface area contributed by atoms with E-state index in [1.807, 2.05) is 72.8 Å². The fraction of sp³-hybridized carbons (Fsp3) is 0. The third-order valence-electron chi connectivity index (χ3n) is 7.83. The molecule has 0 saturated carbocycles. The van der Waals surface area contributed by atoms with Gasteiger partial charge in [-0.05, 0) is 88.9 Å². The van der Waals surface area contributed by atoms with Crippen molar-refractivity contribution in [3.8, 4) is 11.5 Å². The summed E-state index contributed by atoms with van der Waals surface area (Å²) in [5, 5.41) is 13.6. The second-order valence-electron chi connectivity index (χ2n) is 10.1. The van der Waals surface area contributed by atoms with Crippen molar-refractivity contribution in [1.29, 1.82) is 0 Å². The average Bonchev–Trinajstić information content (AvgIpc) is 3.01. The van der Waals surface area contributed by atoms with Crippen LogP contribution in [0.1, 0.15) is 0 Å². The van der Waals surface area contributed by atoms with E-state index in [2.05, 4.69) is 60.7 Å². The Kier molecular flexibility index (Phi) is 4.98. The third-order valence-corrected chi connectivity index (χ3v) is 7.83. The van der Waals surface area contributed by atoms with Crippen molar-refractivity contribution < 1.29 is 14.3 Å². The first-order valence-electron chi connectivity index (χ1n) is 13.3. The standard InChI is InChI=1S/C37H22O3/c38-37(39-23-17-19-33-29-13-3-1-9-25(29)27-11-5-7-15-31(27)35(33)21-23)40-24-18-20-34-30-14-4-2-10-26(30)28-12-6-8-16-32(28)36(34)22-24/h1-22H. The Morgan fingerprint density at radius 1 is 0.325 bits per heavy atom. The molecule has 0 aliphatic rings. The van der Waals surface area contributed by atoms with Gasteiger partial charge < -0.3 is 9.47 Å². The predicted octanol–water partition coefficient (Wildman–Crippen LogP) is 10.2. The molecular weight excluding hydrogens is 492 g/mol. The summed E-state index contributed by atoms with van der Waals surface area (Å²) in [7, 11) is 0. The number of carbonyl (C=O) groups excluding carboxylic acids is 1. The molecule has 0 bridgehead atoms. The van der Waals surface area contributed by atoms with E-state index in [9.17, 15) is 4.79 Å². The molecule has 0 spiro atoms. The van der Waals surface area contributed by atoms with Crippen molar-refractivity contribution in [2.24, 2.45) is 0 Å². The summed E-state index contributed by atoms with van der Waals surface area (Å²) in [6.07, 6.45) is -0.770. The van der Waals surface area contributed by atoms with Crippen LogP contribution in [0.5, 0.6) is 11.5 Å². The molecule has 188 valence electrons. The zero-order chi connectivity index (χ0) is 26.6. The van der Waals surface area contributed by atoms with Crippen LogP contribution in [0.4, 0.5) is 4.79 Å². The smallest absolute Gasteiger partial charge is 0.395 e. The molecule has 40 heavy (non-hydrogen) atoms. The number of rotatable bonds is 2. The first-order valence-corrected chi connectivity index (χ1v) is 13.3. The van der Waals surface area contributed by atoms with Crippen LogP contribution in [0, 0.1) is 0 Å². The number of hydrogen-bond acceptors (Lipinski definition) is 3. The molecule has 8 aromatic rings. The van der Waals surface area contributed by atoms with Crippen LogP contribution in [0.2, 0.25) is 0 Å². The fourth-order valence-electron chi connectivity index (χ4n) is 6.11. The van der Waals surface area contributed by atoms with Crippen LogP contribution in [0.3, 0.4) is 0 Å². The van der Waals surface area contributed by atoms with Crippen molar-refractivity contribution in [2.45, 2.75) is 0 Å². The van der Waals surface area contributed by atoms with Gasteiger partial charge in [0.2, 0.25) is 0 Å². The number of ether oxygens (including phenoxy) is 2. The van der Waals surface area contributed by atoms with Gasteiger partial charge in [-0.1, -0.05) is 109 Å². The van der Waals surface area contributed by atoms with Crippen LogP contribution in [0.15, 0.2) is 133 Å². The molecule has 8 rings (SSSR count). The molecule has 0 aliphatic carbocycles. The largest absolute Gasteiger partial charge is 0.519 e. The molecule has 0 fully saturated rings. The molecule has 8 aromatic carbocycles. The van der Waals surface area contributed by atoms with Gasteiger partial charge in [0.15, 0.2) is 0 Å². The lowest BCUT2D eigenvalue weighted by atomic mass is 9.94. The molecule has 0 saturated heterocycles.